The molecular weight excluding hydrogens is 427 g/mol. The van der Waals surface area contributed by atoms with E-state index in [2.05, 4.69) is 9.46 Å². The zero-order valence-electron chi connectivity index (χ0n) is 16.1. The van der Waals surface area contributed by atoms with E-state index in [0.29, 0.717) is 11.3 Å². The van der Waals surface area contributed by atoms with Crippen LogP contribution in [0.3, 0.4) is 0 Å². The molecule has 0 aliphatic carbocycles. The zero-order valence-corrected chi connectivity index (χ0v) is 16.9. The number of rotatable bonds is 9. The van der Waals surface area contributed by atoms with Gasteiger partial charge in [-0.25, -0.2) is 8.42 Å². The molecule has 2 rings (SSSR count). The third-order valence-electron chi connectivity index (χ3n) is 3.84. The minimum absolute atomic E-state index is 0.00265. The first-order valence-electron chi connectivity index (χ1n) is 8.72. The Kier molecular flexibility index (Phi) is 7.68. The topological polar surface area (TPSA) is 90.9 Å². The Bertz CT molecular complexity index is 944. The Hall–Kier alpha value is -2.79. The van der Waals surface area contributed by atoms with E-state index in [0.717, 1.165) is 24.3 Å². The van der Waals surface area contributed by atoms with E-state index in [4.69, 9.17) is 9.47 Å². The molecule has 2 aromatic rings. The van der Waals surface area contributed by atoms with Crippen molar-refractivity contribution in [1.29, 1.82) is 0 Å². The number of halogens is 3. The highest BCUT2D eigenvalue weighted by Gasteiger charge is 2.31. The van der Waals surface area contributed by atoms with Gasteiger partial charge < -0.3 is 14.2 Å². The summed E-state index contributed by atoms with van der Waals surface area (Å²) in [4.78, 5) is 11.9. The lowest BCUT2D eigenvalue weighted by Crippen LogP contribution is -2.43. The third-order valence-corrected chi connectivity index (χ3v) is 5.32. The molecule has 0 fully saturated rings. The van der Waals surface area contributed by atoms with Crippen molar-refractivity contribution >= 4 is 16.0 Å². The Labute approximate surface area is 171 Å². The first-order chi connectivity index (χ1) is 14.0. The summed E-state index contributed by atoms with van der Waals surface area (Å²) in [6.07, 6.45) is -4.90. The van der Waals surface area contributed by atoms with Gasteiger partial charge in [-0.1, -0.05) is 12.1 Å². The van der Waals surface area contributed by atoms with Crippen molar-refractivity contribution < 1.29 is 40.6 Å². The zero-order chi connectivity index (χ0) is 22.4. The van der Waals surface area contributed by atoms with Crippen LogP contribution in [0.25, 0.3) is 0 Å². The van der Waals surface area contributed by atoms with Gasteiger partial charge in [0.2, 0.25) is 10.0 Å². The van der Waals surface area contributed by atoms with E-state index < -0.39 is 34.1 Å². The van der Waals surface area contributed by atoms with Gasteiger partial charge in [0.25, 0.3) is 0 Å². The molecule has 0 aliphatic rings. The number of hydrogen-bond acceptors (Lipinski definition) is 6. The monoisotopic (exact) mass is 447 g/mol. The summed E-state index contributed by atoms with van der Waals surface area (Å²) in [6.45, 7) is 1.62. The van der Waals surface area contributed by atoms with Crippen LogP contribution in [0.4, 0.5) is 13.2 Å². The van der Waals surface area contributed by atoms with Gasteiger partial charge in [0.1, 0.15) is 17.5 Å². The molecule has 7 nitrogen and oxygen atoms in total. The molecule has 11 heteroatoms. The maximum atomic E-state index is 12.6. The summed E-state index contributed by atoms with van der Waals surface area (Å²) in [5, 5.41) is 0. The molecule has 0 saturated heterocycles. The van der Waals surface area contributed by atoms with Crippen molar-refractivity contribution in [2.45, 2.75) is 30.6 Å². The normalized spacial score (nSPS) is 12.8. The largest absolute Gasteiger partial charge is 0.573 e. The van der Waals surface area contributed by atoms with Crippen LogP contribution in [0.5, 0.6) is 11.5 Å². The molecule has 30 heavy (non-hydrogen) atoms. The molecule has 2 aromatic carbocycles. The van der Waals surface area contributed by atoms with Crippen LogP contribution >= 0.6 is 0 Å². The lowest BCUT2D eigenvalue weighted by Gasteiger charge is -2.18. The standard InChI is InChI=1S/C19H20F3NO6S/c1-3-28-18(24)17(12-13-4-6-14(27-2)7-5-13)23-30(25,26)16-10-8-15(9-11-16)29-19(20,21)22/h4-11,17,23H,3,12H2,1-2H3. The average Bonchev–Trinajstić information content (AvgIpc) is 2.67. The molecular formula is C19H20F3NO6S. The van der Waals surface area contributed by atoms with Crippen LogP contribution in [-0.2, 0) is 26.0 Å². The van der Waals surface area contributed by atoms with E-state index in [1.807, 2.05) is 0 Å². The smallest absolute Gasteiger partial charge is 0.497 e. The predicted octanol–water partition coefficient (Wildman–Crippen LogP) is 3.05. The maximum Gasteiger partial charge on any atom is 0.573 e. The van der Waals surface area contributed by atoms with E-state index in [1.54, 1.807) is 31.2 Å². The van der Waals surface area contributed by atoms with Crippen molar-refractivity contribution in [3.8, 4) is 11.5 Å². The number of ether oxygens (including phenoxy) is 3. The second-order valence-electron chi connectivity index (χ2n) is 6.00. The third kappa shape index (κ3) is 6.92. The summed E-state index contributed by atoms with van der Waals surface area (Å²) in [5.74, 6) is -0.760. The van der Waals surface area contributed by atoms with Gasteiger partial charge in [-0.3, -0.25) is 4.79 Å². The fourth-order valence-electron chi connectivity index (χ4n) is 2.49. The number of sulfonamides is 1. The molecule has 0 spiro atoms. The molecule has 0 aliphatic heterocycles. The van der Waals surface area contributed by atoms with Gasteiger partial charge in [0.05, 0.1) is 18.6 Å². The number of benzene rings is 2. The van der Waals surface area contributed by atoms with Crippen LogP contribution in [0.15, 0.2) is 53.4 Å². The second-order valence-corrected chi connectivity index (χ2v) is 7.71. The predicted molar refractivity (Wildman–Crippen MR) is 101 cm³/mol. The molecule has 0 amide bonds. The minimum Gasteiger partial charge on any atom is -0.497 e. The lowest BCUT2D eigenvalue weighted by molar-refractivity contribution is -0.274. The number of nitrogens with one attached hydrogen (secondary N) is 1. The lowest BCUT2D eigenvalue weighted by atomic mass is 10.1. The van der Waals surface area contributed by atoms with Crippen LogP contribution in [-0.4, -0.2) is 40.5 Å². The first-order valence-corrected chi connectivity index (χ1v) is 10.2. The SMILES string of the molecule is CCOC(=O)C(Cc1ccc(OC)cc1)NS(=O)(=O)c1ccc(OC(F)(F)F)cc1. The van der Waals surface area contributed by atoms with Crippen molar-refractivity contribution in [3.05, 3.63) is 54.1 Å². The number of hydrogen-bond donors (Lipinski definition) is 1. The number of esters is 1. The Morgan fingerprint density at radius 3 is 2.10 bits per heavy atom. The molecule has 1 atom stereocenters. The fraction of sp³-hybridized carbons (Fsp3) is 0.316. The highest BCUT2D eigenvalue weighted by atomic mass is 32.2. The van der Waals surface area contributed by atoms with Gasteiger partial charge in [0, 0.05) is 0 Å². The first kappa shape index (κ1) is 23.5. The van der Waals surface area contributed by atoms with Crippen molar-refractivity contribution in [1.82, 2.24) is 4.72 Å². The van der Waals surface area contributed by atoms with E-state index >= 15 is 0 Å². The number of alkyl halides is 3. The van der Waals surface area contributed by atoms with Gasteiger partial charge in [-0.2, -0.15) is 4.72 Å². The molecule has 0 bridgehead atoms. The highest BCUT2D eigenvalue weighted by molar-refractivity contribution is 7.89. The second kappa shape index (κ2) is 9.81. The molecule has 1 unspecified atom stereocenters. The van der Waals surface area contributed by atoms with Crippen LogP contribution in [0, 0.1) is 0 Å². The average molecular weight is 447 g/mol. The summed E-state index contributed by atoms with van der Waals surface area (Å²) in [6, 6.07) is 9.03. The Balaban J connectivity index is 2.20. The molecule has 1 N–H and O–H groups in total. The molecule has 0 saturated carbocycles. The van der Waals surface area contributed by atoms with Crippen LogP contribution in [0.1, 0.15) is 12.5 Å². The molecule has 0 heterocycles. The van der Waals surface area contributed by atoms with Crippen LogP contribution < -0.4 is 14.2 Å². The Morgan fingerprint density at radius 1 is 1.03 bits per heavy atom. The van der Waals surface area contributed by atoms with Crippen molar-refractivity contribution in [3.63, 3.8) is 0 Å². The summed E-state index contributed by atoms with van der Waals surface area (Å²) < 4.78 is 78.0. The summed E-state index contributed by atoms with van der Waals surface area (Å²) >= 11 is 0. The summed E-state index contributed by atoms with van der Waals surface area (Å²) in [5.41, 5.74) is 0.644. The summed E-state index contributed by atoms with van der Waals surface area (Å²) in [7, 11) is -2.73. The number of carbonyl (C=O) groups is 1. The van der Waals surface area contributed by atoms with E-state index in [-0.39, 0.29) is 17.9 Å². The van der Waals surface area contributed by atoms with Crippen LogP contribution in [0.2, 0.25) is 0 Å². The molecule has 164 valence electrons. The molecule has 0 aromatic heterocycles. The van der Waals surface area contributed by atoms with Crippen molar-refractivity contribution in [2.24, 2.45) is 0 Å². The van der Waals surface area contributed by atoms with Gasteiger partial charge >= 0.3 is 12.3 Å². The number of carbonyl (C=O) groups excluding carboxylic acids is 1. The van der Waals surface area contributed by atoms with Gasteiger partial charge in [-0.15, -0.1) is 13.2 Å². The van der Waals surface area contributed by atoms with Crippen molar-refractivity contribution in [2.75, 3.05) is 13.7 Å². The van der Waals surface area contributed by atoms with Gasteiger partial charge in [0.15, 0.2) is 0 Å². The quantitative estimate of drug-likeness (QED) is 0.595. The molecule has 0 radical (unpaired) electrons. The number of methoxy groups -OCH3 is 1. The minimum atomic E-state index is -4.90. The Morgan fingerprint density at radius 2 is 1.60 bits per heavy atom. The maximum absolute atomic E-state index is 12.6. The van der Waals surface area contributed by atoms with Gasteiger partial charge in [-0.05, 0) is 55.3 Å². The van der Waals surface area contributed by atoms with E-state index in [9.17, 15) is 26.4 Å². The fourth-order valence-corrected chi connectivity index (χ4v) is 3.67. The van der Waals surface area contributed by atoms with E-state index in [1.165, 1.54) is 7.11 Å². The highest BCUT2D eigenvalue weighted by Crippen LogP contribution is 2.24.